The minimum absolute atomic E-state index is 0.112. The van der Waals surface area contributed by atoms with E-state index < -0.39 is 10.8 Å². The molecule has 0 saturated heterocycles. The Labute approximate surface area is 175 Å². The first kappa shape index (κ1) is 19.9. The van der Waals surface area contributed by atoms with Crippen molar-refractivity contribution in [3.8, 4) is 0 Å². The number of aromatic nitrogens is 3. The SMILES string of the molecule is CC(C)c1nnc(S[C@H](C)C(=O)N2c3ccccc3NC(=O)C2(C)C)n1C1CC1. The van der Waals surface area contributed by atoms with Crippen LogP contribution in [-0.2, 0) is 9.59 Å². The van der Waals surface area contributed by atoms with Gasteiger partial charge in [0.25, 0.3) is 0 Å². The van der Waals surface area contributed by atoms with Gasteiger partial charge in [-0.3, -0.25) is 14.5 Å². The third-order valence-electron chi connectivity index (χ3n) is 5.48. The van der Waals surface area contributed by atoms with Gasteiger partial charge < -0.3 is 9.88 Å². The lowest BCUT2D eigenvalue weighted by molar-refractivity contribution is -0.126. The third-order valence-corrected chi connectivity index (χ3v) is 6.52. The first-order valence-electron chi connectivity index (χ1n) is 10.1. The molecule has 4 rings (SSSR count). The summed E-state index contributed by atoms with van der Waals surface area (Å²) in [5.41, 5.74) is 0.403. The molecular formula is C21H27N5O2S. The molecule has 7 nitrogen and oxygen atoms in total. The summed E-state index contributed by atoms with van der Waals surface area (Å²) < 4.78 is 2.20. The molecule has 1 aromatic carbocycles. The Balaban J connectivity index is 1.64. The van der Waals surface area contributed by atoms with Crippen molar-refractivity contribution in [2.24, 2.45) is 0 Å². The maximum atomic E-state index is 13.5. The van der Waals surface area contributed by atoms with E-state index in [0.717, 1.165) is 29.5 Å². The second-order valence-corrected chi connectivity index (χ2v) is 9.87. The van der Waals surface area contributed by atoms with Gasteiger partial charge in [0.05, 0.1) is 16.6 Å². The highest BCUT2D eigenvalue weighted by atomic mass is 32.2. The molecule has 0 radical (unpaired) electrons. The van der Waals surface area contributed by atoms with Gasteiger partial charge in [-0.15, -0.1) is 10.2 Å². The number of anilines is 2. The first-order valence-corrected chi connectivity index (χ1v) is 11.0. The number of nitrogens with one attached hydrogen (secondary N) is 1. The molecule has 0 bridgehead atoms. The van der Waals surface area contributed by atoms with Crippen molar-refractivity contribution in [1.82, 2.24) is 14.8 Å². The molecule has 1 N–H and O–H groups in total. The molecule has 1 aliphatic heterocycles. The number of hydrogen-bond acceptors (Lipinski definition) is 5. The van der Waals surface area contributed by atoms with E-state index in [0.29, 0.717) is 11.7 Å². The van der Waals surface area contributed by atoms with Gasteiger partial charge >= 0.3 is 0 Å². The van der Waals surface area contributed by atoms with Gasteiger partial charge in [-0.1, -0.05) is 37.7 Å². The molecular weight excluding hydrogens is 386 g/mol. The van der Waals surface area contributed by atoms with Gasteiger partial charge in [0, 0.05) is 12.0 Å². The lowest BCUT2D eigenvalue weighted by Gasteiger charge is -2.43. The molecule has 2 heterocycles. The molecule has 2 aliphatic rings. The molecule has 2 amide bonds. The van der Waals surface area contributed by atoms with Gasteiger partial charge in [0.2, 0.25) is 11.8 Å². The number of hydrogen-bond donors (Lipinski definition) is 1. The molecule has 1 saturated carbocycles. The second-order valence-electron chi connectivity index (χ2n) is 8.56. The number of nitrogens with zero attached hydrogens (tertiary/aromatic N) is 4. The molecule has 1 fully saturated rings. The Morgan fingerprint density at radius 3 is 2.55 bits per heavy atom. The zero-order valence-corrected chi connectivity index (χ0v) is 18.3. The van der Waals surface area contributed by atoms with E-state index in [4.69, 9.17) is 0 Å². The van der Waals surface area contributed by atoms with E-state index in [1.165, 1.54) is 11.8 Å². The van der Waals surface area contributed by atoms with Crippen LogP contribution in [-0.4, -0.2) is 37.4 Å². The van der Waals surface area contributed by atoms with Crippen LogP contribution in [0.1, 0.15) is 65.2 Å². The van der Waals surface area contributed by atoms with Gasteiger partial charge in [-0.05, 0) is 45.7 Å². The average molecular weight is 414 g/mol. The molecule has 0 spiro atoms. The highest BCUT2D eigenvalue weighted by molar-refractivity contribution is 8.00. The van der Waals surface area contributed by atoms with E-state index in [9.17, 15) is 9.59 Å². The van der Waals surface area contributed by atoms with Crippen molar-refractivity contribution < 1.29 is 9.59 Å². The summed E-state index contributed by atoms with van der Waals surface area (Å²) in [6.45, 7) is 9.64. The second kappa shape index (κ2) is 7.16. The van der Waals surface area contributed by atoms with Crippen LogP contribution >= 0.6 is 11.8 Å². The van der Waals surface area contributed by atoms with E-state index in [2.05, 4.69) is 33.9 Å². The average Bonchev–Trinajstić information content (AvgIpc) is 3.42. The standard InChI is InChI=1S/C21H27N5O2S/c1-12(2)17-23-24-20(25(17)14-10-11-14)29-13(3)18(27)26-16-9-7-6-8-15(16)22-19(28)21(26,4)5/h6-9,12-14H,10-11H2,1-5H3,(H,22,28)/t13-/m1/s1. The minimum Gasteiger partial charge on any atom is -0.322 e. The molecule has 154 valence electrons. The smallest absolute Gasteiger partial charge is 0.250 e. The topological polar surface area (TPSA) is 80.1 Å². The summed E-state index contributed by atoms with van der Waals surface area (Å²) in [5.74, 6) is 0.946. The van der Waals surface area contributed by atoms with E-state index in [1.807, 2.05) is 31.2 Å². The van der Waals surface area contributed by atoms with Crippen molar-refractivity contribution in [2.75, 3.05) is 10.2 Å². The van der Waals surface area contributed by atoms with Crippen molar-refractivity contribution in [3.63, 3.8) is 0 Å². The van der Waals surface area contributed by atoms with Crippen LogP contribution in [0.15, 0.2) is 29.4 Å². The molecule has 1 atom stereocenters. The summed E-state index contributed by atoms with van der Waals surface area (Å²) in [5, 5.41) is 12.0. The highest BCUT2D eigenvalue weighted by Gasteiger charge is 2.45. The maximum Gasteiger partial charge on any atom is 0.250 e. The Bertz CT molecular complexity index is 964. The van der Waals surface area contributed by atoms with Crippen LogP contribution in [0.5, 0.6) is 0 Å². The summed E-state index contributed by atoms with van der Waals surface area (Å²) in [6.07, 6.45) is 2.25. The quantitative estimate of drug-likeness (QED) is 0.750. The zero-order chi connectivity index (χ0) is 20.9. The van der Waals surface area contributed by atoms with Crippen molar-refractivity contribution in [3.05, 3.63) is 30.1 Å². The minimum atomic E-state index is -0.979. The number of benzene rings is 1. The molecule has 0 unspecified atom stereocenters. The van der Waals surface area contributed by atoms with Crippen LogP contribution in [0.3, 0.4) is 0 Å². The van der Waals surface area contributed by atoms with Crippen LogP contribution in [0.25, 0.3) is 0 Å². The number of amides is 2. The van der Waals surface area contributed by atoms with Crippen LogP contribution < -0.4 is 10.2 Å². The van der Waals surface area contributed by atoms with Gasteiger partial charge in [-0.2, -0.15) is 0 Å². The van der Waals surface area contributed by atoms with Crippen LogP contribution in [0.4, 0.5) is 11.4 Å². The number of rotatable bonds is 5. The highest BCUT2D eigenvalue weighted by Crippen LogP contribution is 2.42. The van der Waals surface area contributed by atoms with Crippen LogP contribution in [0, 0.1) is 0 Å². The number of fused-ring (bicyclic) bond motifs is 1. The fourth-order valence-electron chi connectivity index (χ4n) is 3.68. The first-order chi connectivity index (χ1) is 13.7. The van der Waals surface area contributed by atoms with Gasteiger partial charge in [0.15, 0.2) is 5.16 Å². The third kappa shape index (κ3) is 3.43. The predicted molar refractivity (Wildman–Crippen MR) is 114 cm³/mol. The number of carbonyl (C=O) groups is 2. The normalized spacial score (nSPS) is 19.1. The monoisotopic (exact) mass is 413 g/mol. The number of para-hydroxylation sites is 2. The molecule has 1 aliphatic carbocycles. The van der Waals surface area contributed by atoms with Crippen LogP contribution in [0.2, 0.25) is 0 Å². The van der Waals surface area contributed by atoms with E-state index >= 15 is 0 Å². The Morgan fingerprint density at radius 2 is 1.90 bits per heavy atom. The summed E-state index contributed by atoms with van der Waals surface area (Å²) in [4.78, 5) is 27.8. The fourth-order valence-corrected chi connectivity index (χ4v) is 4.64. The number of carbonyl (C=O) groups excluding carboxylic acids is 2. The van der Waals surface area contributed by atoms with Gasteiger partial charge in [0.1, 0.15) is 11.4 Å². The fraction of sp³-hybridized carbons (Fsp3) is 0.524. The van der Waals surface area contributed by atoms with E-state index in [1.54, 1.807) is 18.7 Å². The molecule has 2 aromatic rings. The van der Waals surface area contributed by atoms with Gasteiger partial charge in [-0.25, -0.2) is 0 Å². The van der Waals surface area contributed by atoms with Crippen molar-refractivity contribution in [2.45, 2.75) is 75.4 Å². The van der Waals surface area contributed by atoms with Crippen molar-refractivity contribution >= 4 is 35.0 Å². The summed E-state index contributed by atoms with van der Waals surface area (Å²) in [6, 6.07) is 7.85. The predicted octanol–water partition coefficient (Wildman–Crippen LogP) is 3.98. The molecule has 8 heteroatoms. The zero-order valence-electron chi connectivity index (χ0n) is 17.5. The lowest BCUT2D eigenvalue weighted by Crippen LogP contribution is -2.60. The van der Waals surface area contributed by atoms with Crippen molar-refractivity contribution in [1.29, 1.82) is 0 Å². The summed E-state index contributed by atoms with van der Waals surface area (Å²) in [7, 11) is 0. The lowest BCUT2D eigenvalue weighted by atomic mass is 9.96. The Kier molecular flexibility index (Phi) is 4.93. The largest absolute Gasteiger partial charge is 0.322 e. The Morgan fingerprint density at radius 1 is 1.21 bits per heavy atom. The van der Waals surface area contributed by atoms with E-state index in [-0.39, 0.29) is 17.7 Å². The number of thioether (sulfide) groups is 1. The maximum absolute atomic E-state index is 13.5. The summed E-state index contributed by atoms with van der Waals surface area (Å²) >= 11 is 1.42. The molecule has 1 aromatic heterocycles. The Hall–Kier alpha value is -2.35. The molecule has 29 heavy (non-hydrogen) atoms.